The zero-order valence-corrected chi connectivity index (χ0v) is 14.5. The topological polar surface area (TPSA) is 101 Å². The molecule has 3 rings (SSSR count). The molecule has 0 unspecified atom stereocenters. The van der Waals surface area contributed by atoms with Crippen molar-refractivity contribution < 1.29 is 13.2 Å². The van der Waals surface area contributed by atoms with Crippen LogP contribution in [0, 0.1) is 0 Å². The number of aryl methyl sites for hydroxylation is 1. The van der Waals surface area contributed by atoms with Crippen LogP contribution >= 0.6 is 0 Å². The Hall–Kier alpha value is -2.52. The van der Waals surface area contributed by atoms with Crippen molar-refractivity contribution in [3.8, 4) is 0 Å². The number of amides is 1. The monoisotopic (exact) mass is 362 g/mol. The van der Waals surface area contributed by atoms with Crippen molar-refractivity contribution in [3.05, 3.63) is 52.4 Å². The third-order valence-electron chi connectivity index (χ3n) is 3.99. The summed E-state index contributed by atoms with van der Waals surface area (Å²) in [6, 6.07) is 8.68. The van der Waals surface area contributed by atoms with Crippen LogP contribution < -0.4 is 10.9 Å². The Morgan fingerprint density at radius 3 is 2.56 bits per heavy atom. The van der Waals surface area contributed by atoms with Crippen LogP contribution in [0.15, 0.2) is 46.1 Å². The second-order valence-electron chi connectivity index (χ2n) is 5.77. The molecule has 8 nitrogen and oxygen atoms in total. The predicted octanol–water partition coefficient (Wildman–Crippen LogP) is 0.817. The third kappa shape index (κ3) is 3.62. The van der Waals surface area contributed by atoms with Gasteiger partial charge < -0.3 is 5.32 Å². The highest BCUT2D eigenvalue weighted by Crippen LogP contribution is 2.23. The molecule has 0 atom stereocenters. The van der Waals surface area contributed by atoms with Gasteiger partial charge in [-0.15, -0.1) is 0 Å². The molecule has 132 valence electrons. The minimum absolute atomic E-state index is 0.0647. The number of hydrogen-bond acceptors (Lipinski definition) is 5. The van der Waals surface area contributed by atoms with E-state index in [-0.39, 0.29) is 16.1 Å². The molecule has 0 bridgehead atoms. The first-order chi connectivity index (χ1) is 11.9. The molecule has 1 aromatic carbocycles. The second kappa shape index (κ2) is 6.77. The second-order valence-corrected chi connectivity index (χ2v) is 7.71. The zero-order chi connectivity index (χ0) is 18.0. The van der Waals surface area contributed by atoms with Crippen LogP contribution in [0.5, 0.6) is 0 Å². The smallest absolute Gasteiger partial charge is 0.276 e. The molecule has 1 saturated heterocycles. The predicted molar refractivity (Wildman–Crippen MR) is 91.9 cm³/mol. The molecule has 1 fully saturated rings. The molecule has 2 aromatic rings. The summed E-state index contributed by atoms with van der Waals surface area (Å²) in [6.45, 7) is 1.03. The highest BCUT2D eigenvalue weighted by Gasteiger charge is 2.27. The van der Waals surface area contributed by atoms with Crippen LogP contribution in [0.25, 0.3) is 0 Å². The summed E-state index contributed by atoms with van der Waals surface area (Å²) in [5.41, 5.74) is 0.0890. The van der Waals surface area contributed by atoms with Crippen LogP contribution in [0.1, 0.15) is 23.3 Å². The maximum atomic E-state index is 12.6. The normalized spacial score (nSPS) is 15.2. The van der Waals surface area contributed by atoms with E-state index >= 15 is 0 Å². The van der Waals surface area contributed by atoms with Crippen molar-refractivity contribution in [1.29, 1.82) is 0 Å². The summed E-state index contributed by atoms with van der Waals surface area (Å²) in [4.78, 5) is 23.7. The molecule has 0 saturated carbocycles. The summed E-state index contributed by atoms with van der Waals surface area (Å²) in [5.74, 6) is -0.522. The van der Waals surface area contributed by atoms with E-state index in [0.717, 1.165) is 17.5 Å². The van der Waals surface area contributed by atoms with Crippen LogP contribution in [-0.2, 0) is 17.1 Å². The summed E-state index contributed by atoms with van der Waals surface area (Å²) >= 11 is 0. The first-order valence-electron chi connectivity index (χ1n) is 7.84. The lowest BCUT2D eigenvalue weighted by Gasteiger charge is -2.16. The molecular weight excluding hydrogens is 344 g/mol. The van der Waals surface area contributed by atoms with Gasteiger partial charge in [0.2, 0.25) is 10.0 Å². The Labute approximate surface area is 145 Å². The van der Waals surface area contributed by atoms with E-state index in [9.17, 15) is 18.0 Å². The molecule has 1 N–H and O–H groups in total. The van der Waals surface area contributed by atoms with E-state index in [0.29, 0.717) is 18.8 Å². The van der Waals surface area contributed by atoms with Gasteiger partial charge in [-0.1, -0.05) is 6.07 Å². The first-order valence-corrected chi connectivity index (χ1v) is 9.28. The quantitative estimate of drug-likeness (QED) is 0.868. The Balaban J connectivity index is 1.83. The molecule has 9 heteroatoms. The lowest BCUT2D eigenvalue weighted by Crippen LogP contribution is -2.28. The van der Waals surface area contributed by atoms with Gasteiger partial charge in [0.1, 0.15) is 5.69 Å². The van der Waals surface area contributed by atoms with Gasteiger partial charge in [0.05, 0.1) is 4.90 Å². The van der Waals surface area contributed by atoms with Crippen LogP contribution in [0.3, 0.4) is 0 Å². The molecule has 0 aliphatic carbocycles. The molecule has 1 amide bonds. The Morgan fingerprint density at radius 2 is 1.88 bits per heavy atom. The van der Waals surface area contributed by atoms with Crippen LogP contribution in [0.2, 0.25) is 0 Å². The molecule has 1 aromatic heterocycles. The number of nitrogens with zero attached hydrogens (tertiary/aromatic N) is 3. The van der Waals surface area contributed by atoms with Gasteiger partial charge in [0.15, 0.2) is 0 Å². The van der Waals surface area contributed by atoms with Gasteiger partial charge in [-0.2, -0.15) is 9.40 Å². The number of benzene rings is 1. The summed E-state index contributed by atoms with van der Waals surface area (Å²) in [5, 5.41) is 6.48. The summed E-state index contributed by atoms with van der Waals surface area (Å²) < 4.78 is 27.7. The highest BCUT2D eigenvalue weighted by molar-refractivity contribution is 7.89. The number of rotatable bonds is 4. The van der Waals surface area contributed by atoms with Crippen molar-refractivity contribution in [1.82, 2.24) is 14.1 Å². The molecule has 0 radical (unpaired) electrons. The minimum Gasteiger partial charge on any atom is -0.321 e. The number of carbonyl (C=O) groups excluding carboxylic acids is 1. The molecule has 25 heavy (non-hydrogen) atoms. The van der Waals surface area contributed by atoms with Gasteiger partial charge in [0.25, 0.3) is 11.5 Å². The van der Waals surface area contributed by atoms with Gasteiger partial charge in [-0.3, -0.25) is 9.59 Å². The van der Waals surface area contributed by atoms with Crippen LogP contribution in [-0.4, -0.2) is 41.5 Å². The third-order valence-corrected chi connectivity index (χ3v) is 5.88. The van der Waals surface area contributed by atoms with E-state index in [4.69, 9.17) is 0 Å². The van der Waals surface area contributed by atoms with Crippen molar-refractivity contribution in [3.63, 3.8) is 0 Å². The van der Waals surface area contributed by atoms with E-state index in [1.807, 2.05) is 0 Å². The number of hydrogen-bond donors (Lipinski definition) is 1. The average molecular weight is 362 g/mol. The van der Waals surface area contributed by atoms with E-state index in [1.54, 1.807) is 12.1 Å². The molecular formula is C16H18N4O4S. The zero-order valence-electron chi connectivity index (χ0n) is 13.7. The van der Waals surface area contributed by atoms with Gasteiger partial charge in [-0.05, 0) is 37.1 Å². The standard InChI is InChI=1S/C16H18N4O4S/c1-19-15(21)8-7-14(18-19)16(22)17-12-5-4-6-13(11-12)25(23,24)20-9-2-3-10-20/h4-8,11H,2-3,9-10H2,1H3,(H,17,22). The Morgan fingerprint density at radius 1 is 1.16 bits per heavy atom. The van der Waals surface area contributed by atoms with E-state index in [2.05, 4.69) is 10.4 Å². The minimum atomic E-state index is -3.55. The van der Waals surface area contributed by atoms with Gasteiger partial charge in [-0.25, -0.2) is 13.1 Å². The van der Waals surface area contributed by atoms with Crippen molar-refractivity contribution >= 4 is 21.6 Å². The number of carbonyl (C=O) groups is 1. The summed E-state index contributed by atoms with van der Waals surface area (Å²) in [6.07, 6.45) is 1.71. The number of anilines is 1. The lowest BCUT2D eigenvalue weighted by atomic mass is 10.3. The fourth-order valence-electron chi connectivity index (χ4n) is 2.63. The fourth-order valence-corrected chi connectivity index (χ4v) is 4.19. The van der Waals surface area contributed by atoms with Crippen LogP contribution in [0.4, 0.5) is 5.69 Å². The average Bonchev–Trinajstić information content (AvgIpc) is 3.13. The maximum absolute atomic E-state index is 12.6. The lowest BCUT2D eigenvalue weighted by molar-refractivity contribution is 0.102. The molecule has 2 heterocycles. The highest BCUT2D eigenvalue weighted by atomic mass is 32.2. The SMILES string of the molecule is Cn1nc(C(=O)Nc2cccc(S(=O)(=O)N3CCCC3)c2)ccc1=O. The number of aromatic nitrogens is 2. The van der Waals surface area contributed by atoms with Gasteiger partial charge >= 0.3 is 0 Å². The Bertz CT molecular complexity index is 962. The fraction of sp³-hybridized carbons (Fsp3) is 0.312. The van der Waals surface area contributed by atoms with Crippen molar-refractivity contribution in [2.75, 3.05) is 18.4 Å². The largest absolute Gasteiger partial charge is 0.321 e. The number of nitrogens with one attached hydrogen (secondary N) is 1. The first kappa shape index (κ1) is 17.3. The number of sulfonamides is 1. The maximum Gasteiger partial charge on any atom is 0.276 e. The molecule has 0 spiro atoms. The summed E-state index contributed by atoms with van der Waals surface area (Å²) in [7, 11) is -2.11. The van der Waals surface area contributed by atoms with E-state index in [1.165, 1.54) is 35.6 Å². The molecule has 1 aliphatic rings. The van der Waals surface area contributed by atoms with Gasteiger partial charge in [0, 0.05) is 31.9 Å². The van der Waals surface area contributed by atoms with Crippen molar-refractivity contribution in [2.45, 2.75) is 17.7 Å². The van der Waals surface area contributed by atoms with E-state index < -0.39 is 15.9 Å². The van der Waals surface area contributed by atoms with Crippen molar-refractivity contribution in [2.24, 2.45) is 7.05 Å². The molecule has 1 aliphatic heterocycles. The Kier molecular flexibility index (Phi) is 4.69.